The number of carbonyl (C=O) groups is 1. The molecule has 23 heavy (non-hydrogen) atoms. The van der Waals surface area contributed by atoms with E-state index in [0.717, 1.165) is 32.1 Å². The Kier molecular flexibility index (Phi) is 3.68. The average molecular weight is 322 g/mol. The Bertz CT molecular complexity index is 506. The van der Waals surface area contributed by atoms with Gasteiger partial charge in [0.1, 0.15) is 5.78 Å². The molecule has 0 aromatic heterocycles. The molecule has 4 nitrogen and oxygen atoms in total. The van der Waals surface area contributed by atoms with Crippen molar-refractivity contribution in [1.82, 2.24) is 0 Å². The molecule has 0 saturated heterocycles. The molecule has 0 aliphatic heterocycles. The molecule has 0 bridgehead atoms. The summed E-state index contributed by atoms with van der Waals surface area (Å²) in [5.74, 6) is 1.19. The minimum atomic E-state index is -0.364. The number of fused-ring (bicyclic) bond motifs is 5. The Hall–Kier alpha value is -0.450. The molecule has 8 atom stereocenters. The maximum atomic E-state index is 13.0. The second-order valence-electron chi connectivity index (χ2n) is 9.19. The predicted molar refractivity (Wildman–Crippen MR) is 85.5 cm³/mol. The number of hydrogen-bond acceptors (Lipinski definition) is 4. The Morgan fingerprint density at radius 3 is 2.61 bits per heavy atom. The number of rotatable bonds is 1. The van der Waals surface area contributed by atoms with E-state index < -0.39 is 0 Å². The van der Waals surface area contributed by atoms with Crippen LogP contribution >= 0.6 is 0 Å². The van der Waals surface area contributed by atoms with E-state index in [1.54, 1.807) is 0 Å². The van der Waals surface area contributed by atoms with E-state index >= 15 is 0 Å². The number of hydrogen-bond donors (Lipinski definition) is 3. The van der Waals surface area contributed by atoms with Crippen LogP contribution in [0.4, 0.5) is 0 Å². The first-order valence-electron chi connectivity index (χ1n) is 9.39. The first kappa shape index (κ1) is 16.0. The van der Waals surface area contributed by atoms with Crippen molar-refractivity contribution in [2.75, 3.05) is 6.61 Å². The van der Waals surface area contributed by atoms with Crippen LogP contribution in [0.15, 0.2) is 0 Å². The van der Waals surface area contributed by atoms with Gasteiger partial charge in [0, 0.05) is 18.9 Å². The fourth-order valence-electron chi connectivity index (χ4n) is 7.00. The molecule has 4 fully saturated rings. The van der Waals surface area contributed by atoms with Gasteiger partial charge in [-0.25, -0.2) is 0 Å². The Labute approximate surface area is 138 Å². The summed E-state index contributed by atoms with van der Waals surface area (Å²) >= 11 is 0. The van der Waals surface area contributed by atoms with Crippen LogP contribution in [0.3, 0.4) is 0 Å². The van der Waals surface area contributed by atoms with Gasteiger partial charge >= 0.3 is 0 Å². The Morgan fingerprint density at radius 2 is 1.87 bits per heavy atom. The zero-order chi connectivity index (χ0) is 16.4. The monoisotopic (exact) mass is 322 g/mol. The van der Waals surface area contributed by atoms with Crippen molar-refractivity contribution in [1.29, 1.82) is 0 Å². The standard InChI is InChI=1S/C19H30O4/c1-18-4-2-12(21)6-11(18)7-16(23)17-14(18)3-5-19(10-20)9-13(22)8-15(17)19/h11-15,17,20-22H,2-10H2,1H3/t11-,12+,13-,14+,15+,17-,18+,19-/m1/s1. The van der Waals surface area contributed by atoms with E-state index in [2.05, 4.69) is 6.92 Å². The zero-order valence-corrected chi connectivity index (χ0v) is 14.1. The zero-order valence-electron chi connectivity index (χ0n) is 14.1. The second-order valence-corrected chi connectivity index (χ2v) is 9.19. The maximum absolute atomic E-state index is 13.0. The highest BCUT2D eigenvalue weighted by Crippen LogP contribution is 2.65. The number of carbonyl (C=O) groups excluding carboxylic acids is 1. The van der Waals surface area contributed by atoms with E-state index in [-0.39, 0.29) is 41.5 Å². The largest absolute Gasteiger partial charge is 0.396 e. The van der Waals surface area contributed by atoms with Gasteiger partial charge in [0.25, 0.3) is 0 Å². The van der Waals surface area contributed by atoms with Crippen molar-refractivity contribution in [3.8, 4) is 0 Å². The maximum Gasteiger partial charge on any atom is 0.136 e. The quantitative estimate of drug-likeness (QED) is 0.689. The predicted octanol–water partition coefficient (Wildman–Crippen LogP) is 1.90. The lowest BCUT2D eigenvalue weighted by Crippen LogP contribution is -2.57. The number of Topliss-reactive ketones (excluding diaryl/α,β-unsaturated/α-hetero) is 1. The highest BCUT2D eigenvalue weighted by molar-refractivity contribution is 5.83. The van der Waals surface area contributed by atoms with E-state index in [1.807, 2.05) is 0 Å². The molecule has 3 N–H and O–H groups in total. The summed E-state index contributed by atoms with van der Waals surface area (Å²) in [6, 6.07) is 0. The molecule has 4 saturated carbocycles. The molecule has 0 aromatic rings. The van der Waals surface area contributed by atoms with Crippen LogP contribution in [-0.4, -0.2) is 39.9 Å². The lowest BCUT2D eigenvalue weighted by Gasteiger charge is -2.59. The van der Waals surface area contributed by atoms with Gasteiger partial charge in [-0.05, 0) is 73.5 Å². The minimum absolute atomic E-state index is 0.0181. The summed E-state index contributed by atoms with van der Waals surface area (Å²) in [5, 5.41) is 30.3. The van der Waals surface area contributed by atoms with Crippen molar-refractivity contribution in [2.24, 2.45) is 34.5 Å². The molecule has 0 radical (unpaired) electrons. The van der Waals surface area contributed by atoms with E-state index in [4.69, 9.17) is 0 Å². The van der Waals surface area contributed by atoms with Gasteiger partial charge in [-0.2, -0.15) is 0 Å². The fourth-order valence-corrected chi connectivity index (χ4v) is 7.00. The highest BCUT2D eigenvalue weighted by atomic mass is 16.3. The Balaban J connectivity index is 1.69. The SMILES string of the molecule is C[C@]12CC[C@H](O)C[C@@H]1CC(=O)[C@H]1[C@@H]3C[C@@H](O)C[C@@]3(CO)CC[C@@H]12. The van der Waals surface area contributed by atoms with Gasteiger partial charge in [0.05, 0.1) is 12.2 Å². The van der Waals surface area contributed by atoms with Crippen molar-refractivity contribution < 1.29 is 20.1 Å². The smallest absolute Gasteiger partial charge is 0.136 e. The molecular formula is C19H30O4. The third-order valence-electron chi connectivity index (χ3n) is 8.26. The molecule has 0 amide bonds. The van der Waals surface area contributed by atoms with Gasteiger partial charge in [0.15, 0.2) is 0 Å². The van der Waals surface area contributed by atoms with E-state index in [1.165, 1.54) is 0 Å². The Morgan fingerprint density at radius 1 is 1.09 bits per heavy atom. The molecule has 0 aromatic carbocycles. The highest BCUT2D eigenvalue weighted by Gasteiger charge is 2.62. The summed E-state index contributed by atoms with van der Waals surface area (Å²) in [4.78, 5) is 13.0. The summed E-state index contributed by atoms with van der Waals surface area (Å²) in [6.07, 6.45) is 5.86. The van der Waals surface area contributed by atoms with E-state index in [0.29, 0.717) is 36.9 Å². The summed E-state index contributed by atoms with van der Waals surface area (Å²) in [5.41, 5.74) is -0.0828. The summed E-state index contributed by atoms with van der Waals surface area (Å²) < 4.78 is 0. The van der Waals surface area contributed by atoms with Gasteiger partial charge < -0.3 is 15.3 Å². The third-order valence-corrected chi connectivity index (χ3v) is 8.26. The van der Waals surface area contributed by atoms with Crippen LogP contribution in [0.2, 0.25) is 0 Å². The van der Waals surface area contributed by atoms with Crippen LogP contribution < -0.4 is 0 Å². The lowest BCUT2D eigenvalue weighted by atomic mass is 9.45. The minimum Gasteiger partial charge on any atom is -0.396 e. The lowest BCUT2D eigenvalue weighted by molar-refractivity contribution is -0.161. The van der Waals surface area contributed by atoms with Crippen LogP contribution in [0.5, 0.6) is 0 Å². The average Bonchev–Trinajstić information content (AvgIpc) is 2.86. The first-order chi connectivity index (χ1) is 10.9. The number of aliphatic hydroxyl groups excluding tert-OH is 3. The molecular weight excluding hydrogens is 292 g/mol. The van der Waals surface area contributed by atoms with Gasteiger partial charge in [-0.1, -0.05) is 6.92 Å². The molecule has 130 valence electrons. The molecule has 0 unspecified atom stereocenters. The van der Waals surface area contributed by atoms with Gasteiger partial charge in [0.2, 0.25) is 0 Å². The van der Waals surface area contributed by atoms with Crippen LogP contribution in [0, 0.1) is 34.5 Å². The van der Waals surface area contributed by atoms with Crippen molar-refractivity contribution >= 4 is 5.78 Å². The van der Waals surface area contributed by atoms with Crippen molar-refractivity contribution in [3.63, 3.8) is 0 Å². The van der Waals surface area contributed by atoms with Crippen LogP contribution in [0.25, 0.3) is 0 Å². The molecule has 4 rings (SSSR count). The van der Waals surface area contributed by atoms with E-state index in [9.17, 15) is 20.1 Å². The van der Waals surface area contributed by atoms with Gasteiger partial charge in [-0.3, -0.25) is 4.79 Å². The number of ketones is 1. The molecule has 4 aliphatic carbocycles. The molecule has 4 heteroatoms. The van der Waals surface area contributed by atoms with Gasteiger partial charge in [-0.15, -0.1) is 0 Å². The number of aliphatic hydroxyl groups is 3. The second kappa shape index (κ2) is 5.27. The fraction of sp³-hybridized carbons (Fsp3) is 0.947. The van der Waals surface area contributed by atoms with Crippen LogP contribution in [0.1, 0.15) is 58.3 Å². The van der Waals surface area contributed by atoms with Crippen molar-refractivity contribution in [2.45, 2.75) is 70.5 Å². The molecule has 4 aliphatic rings. The molecule has 0 heterocycles. The normalized spacial score (nSPS) is 55.9. The summed E-state index contributed by atoms with van der Waals surface area (Å²) in [7, 11) is 0. The van der Waals surface area contributed by atoms with Crippen LogP contribution in [-0.2, 0) is 4.79 Å². The topological polar surface area (TPSA) is 77.8 Å². The first-order valence-corrected chi connectivity index (χ1v) is 9.39. The third kappa shape index (κ3) is 2.17. The molecule has 0 spiro atoms. The summed E-state index contributed by atoms with van der Waals surface area (Å²) in [6.45, 7) is 2.44. The van der Waals surface area contributed by atoms with Crippen molar-refractivity contribution in [3.05, 3.63) is 0 Å².